The Kier molecular flexibility index (Phi) is 6.19. The third-order valence-corrected chi connectivity index (χ3v) is 3.83. The minimum atomic E-state index is -0.131. The SMILES string of the molecule is CC(C)C(CCO)NC(=O)Cc1coc(-c2ccc(Cl)cc2)n1. The van der Waals surface area contributed by atoms with E-state index in [1.165, 1.54) is 6.26 Å². The van der Waals surface area contributed by atoms with Crippen molar-refractivity contribution in [2.24, 2.45) is 5.92 Å². The van der Waals surface area contributed by atoms with Crippen LogP contribution in [0.1, 0.15) is 26.0 Å². The van der Waals surface area contributed by atoms with Crippen LogP contribution in [0.5, 0.6) is 0 Å². The summed E-state index contributed by atoms with van der Waals surface area (Å²) in [5.41, 5.74) is 1.38. The highest BCUT2D eigenvalue weighted by molar-refractivity contribution is 6.30. The van der Waals surface area contributed by atoms with Crippen LogP contribution >= 0.6 is 11.6 Å². The summed E-state index contributed by atoms with van der Waals surface area (Å²) in [6.45, 7) is 4.07. The number of hydrogen-bond acceptors (Lipinski definition) is 4. The van der Waals surface area contributed by atoms with E-state index in [1.807, 2.05) is 26.0 Å². The largest absolute Gasteiger partial charge is 0.444 e. The summed E-state index contributed by atoms with van der Waals surface area (Å²) in [7, 11) is 0. The maximum Gasteiger partial charge on any atom is 0.226 e. The average Bonchev–Trinajstić information content (AvgIpc) is 2.95. The number of aliphatic hydroxyl groups is 1. The van der Waals surface area contributed by atoms with Gasteiger partial charge in [-0.15, -0.1) is 0 Å². The second-order valence-corrected chi connectivity index (χ2v) is 6.19. The maximum atomic E-state index is 12.1. The van der Waals surface area contributed by atoms with Crippen molar-refractivity contribution in [2.75, 3.05) is 6.61 Å². The number of nitrogens with zero attached hydrogens (tertiary/aromatic N) is 1. The Morgan fingerprint density at radius 2 is 2.04 bits per heavy atom. The Morgan fingerprint density at radius 3 is 2.65 bits per heavy atom. The summed E-state index contributed by atoms with van der Waals surface area (Å²) in [6, 6.07) is 7.10. The fourth-order valence-corrected chi connectivity index (χ4v) is 2.37. The first-order chi connectivity index (χ1) is 11.0. The van der Waals surface area contributed by atoms with Gasteiger partial charge in [0.05, 0.1) is 12.1 Å². The van der Waals surface area contributed by atoms with Crippen LogP contribution in [0.2, 0.25) is 5.02 Å². The van der Waals surface area contributed by atoms with Gasteiger partial charge in [0.2, 0.25) is 11.8 Å². The first-order valence-electron chi connectivity index (χ1n) is 7.60. The van der Waals surface area contributed by atoms with E-state index in [-0.39, 0.29) is 30.9 Å². The topological polar surface area (TPSA) is 75.4 Å². The number of carbonyl (C=O) groups excluding carboxylic acids is 1. The van der Waals surface area contributed by atoms with Crippen LogP contribution in [0, 0.1) is 5.92 Å². The van der Waals surface area contributed by atoms with Gasteiger partial charge in [-0.3, -0.25) is 4.79 Å². The highest BCUT2D eigenvalue weighted by atomic mass is 35.5. The minimum Gasteiger partial charge on any atom is -0.444 e. The lowest BCUT2D eigenvalue weighted by Crippen LogP contribution is -2.40. The third-order valence-electron chi connectivity index (χ3n) is 3.58. The highest BCUT2D eigenvalue weighted by Gasteiger charge is 2.17. The molecule has 0 aliphatic carbocycles. The minimum absolute atomic E-state index is 0.0462. The number of benzene rings is 1. The Balaban J connectivity index is 1.98. The summed E-state index contributed by atoms with van der Waals surface area (Å²) in [5, 5.41) is 12.6. The number of nitrogens with one attached hydrogen (secondary N) is 1. The smallest absolute Gasteiger partial charge is 0.226 e. The monoisotopic (exact) mass is 336 g/mol. The molecule has 0 saturated heterocycles. The van der Waals surface area contributed by atoms with Crippen LogP contribution in [0.15, 0.2) is 34.9 Å². The number of amides is 1. The average molecular weight is 337 g/mol. The van der Waals surface area contributed by atoms with Gasteiger partial charge in [0.15, 0.2) is 0 Å². The summed E-state index contributed by atoms with van der Waals surface area (Å²) in [6.07, 6.45) is 2.17. The molecule has 0 bridgehead atoms. The molecule has 0 radical (unpaired) electrons. The number of hydrogen-bond donors (Lipinski definition) is 2. The fraction of sp³-hybridized carbons (Fsp3) is 0.412. The number of rotatable bonds is 7. The molecule has 0 saturated carbocycles. The molecule has 6 heteroatoms. The van der Waals surface area contributed by atoms with Crippen molar-refractivity contribution in [3.05, 3.63) is 41.2 Å². The lowest BCUT2D eigenvalue weighted by molar-refractivity contribution is -0.121. The lowest BCUT2D eigenvalue weighted by atomic mass is 10.0. The molecular weight excluding hydrogens is 316 g/mol. The Bertz CT molecular complexity index is 638. The predicted octanol–water partition coefficient (Wildman–Crippen LogP) is 3.06. The van der Waals surface area contributed by atoms with Crippen LogP contribution in [0.25, 0.3) is 11.5 Å². The van der Waals surface area contributed by atoms with Crippen LogP contribution in [0.4, 0.5) is 0 Å². The summed E-state index contributed by atoms with van der Waals surface area (Å²) < 4.78 is 5.42. The van der Waals surface area contributed by atoms with E-state index in [9.17, 15) is 4.79 Å². The number of halogens is 1. The Labute approximate surface area is 140 Å². The quantitative estimate of drug-likeness (QED) is 0.814. The Morgan fingerprint density at radius 1 is 1.35 bits per heavy atom. The van der Waals surface area contributed by atoms with Gasteiger partial charge in [-0.2, -0.15) is 0 Å². The molecule has 2 N–H and O–H groups in total. The van der Waals surface area contributed by atoms with Gasteiger partial charge in [-0.25, -0.2) is 4.98 Å². The van der Waals surface area contributed by atoms with Crippen molar-refractivity contribution in [1.82, 2.24) is 10.3 Å². The molecule has 124 valence electrons. The van der Waals surface area contributed by atoms with Crippen LogP contribution in [0.3, 0.4) is 0 Å². The standard InChI is InChI=1S/C17H21ClN2O3/c1-11(2)15(7-8-21)20-16(22)9-14-10-23-17(19-14)12-3-5-13(18)6-4-12/h3-6,10-11,15,21H,7-9H2,1-2H3,(H,20,22). The van der Waals surface area contributed by atoms with E-state index in [0.29, 0.717) is 23.0 Å². The molecule has 2 aromatic rings. The van der Waals surface area contributed by atoms with Crippen LogP contribution in [-0.2, 0) is 11.2 Å². The van der Waals surface area contributed by atoms with E-state index in [0.717, 1.165) is 5.56 Å². The number of aromatic nitrogens is 1. The molecule has 23 heavy (non-hydrogen) atoms. The van der Waals surface area contributed by atoms with Crippen LogP contribution < -0.4 is 5.32 Å². The summed E-state index contributed by atoms with van der Waals surface area (Å²) in [4.78, 5) is 16.4. The number of carbonyl (C=O) groups is 1. The zero-order chi connectivity index (χ0) is 16.8. The molecule has 1 amide bonds. The highest BCUT2D eigenvalue weighted by Crippen LogP contribution is 2.21. The van der Waals surface area contributed by atoms with Crippen molar-refractivity contribution in [1.29, 1.82) is 0 Å². The van der Waals surface area contributed by atoms with Gasteiger partial charge >= 0.3 is 0 Å². The van der Waals surface area contributed by atoms with Crippen LogP contribution in [-0.4, -0.2) is 28.6 Å². The van der Waals surface area contributed by atoms with E-state index in [4.69, 9.17) is 21.1 Å². The third kappa shape index (κ3) is 5.08. The lowest BCUT2D eigenvalue weighted by Gasteiger charge is -2.21. The summed E-state index contributed by atoms with van der Waals surface area (Å²) in [5.74, 6) is 0.585. The van der Waals surface area contributed by atoms with Crippen molar-refractivity contribution in [2.45, 2.75) is 32.7 Å². The normalized spacial score (nSPS) is 12.4. The molecule has 2 rings (SSSR count). The van der Waals surface area contributed by atoms with Crippen molar-refractivity contribution in [3.63, 3.8) is 0 Å². The van der Waals surface area contributed by atoms with E-state index >= 15 is 0 Å². The van der Waals surface area contributed by atoms with E-state index in [1.54, 1.807) is 12.1 Å². The molecule has 1 atom stereocenters. The number of aliphatic hydroxyl groups excluding tert-OH is 1. The second-order valence-electron chi connectivity index (χ2n) is 5.76. The maximum absolute atomic E-state index is 12.1. The molecule has 0 aliphatic heterocycles. The molecule has 0 spiro atoms. The molecule has 1 aromatic heterocycles. The molecule has 1 heterocycles. The molecule has 0 fully saturated rings. The van der Waals surface area contributed by atoms with Gasteiger partial charge in [-0.05, 0) is 36.6 Å². The zero-order valence-corrected chi connectivity index (χ0v) is 14.0. The number of oxazole rings is 1. The second kappa shape index (κ2) is 8.13. The van der Waals surface area contributed by atoms with E-state index in [2.05, 4.69) is 10.3 Å². The van der Waals surface area contributed by atoms with Crippen molar-refractivity contribution < 1.29 is 14.3 Å². The molecule has 0 aliphatic rings. The molecule has 5 nitrogen and oxygen atoms in total. The molecule has 1 unspecified atom stereocenters. The van der Waals surface area contributed by atoms with Gasteiger partial charge < -0.3 is 14.8 Å². The first kappa shape index (κ1) is 17.5. The fourth-order valence-electron chi connectivity index (χ4n) is 2.25. The summed E-state index contributed by atoms with van der Waals surface area (Å²) >= 11 is 5.85. The van der Waals surface area contributed by atoms with Gasteiger partial charge in [-0.1, -0.05) is 25.4 Å². The van der Waals surface area contributed by atoms with E-state index < -0.39 is 0 Å². The zero-order valence-electron chi connectivity index (χ0n) is 13.3. The van der Waals surface area contributed by atoms with Crippen molar-refractivity contribution >= 4 is 17.5 Å². The Hall–Kier alpha value is -1.85. The van der Waals surface area contributed by atoms with Gasteiger partial charge in [0.25, 0.3) is 0 Å². The van der Waals surface area contributed by atoms with Gasteiger partial charge in [0, 0.05) is 23.2 Å². The predicted molar refractivity (Wildman–Crippen MR) is 89.1 cm³/mol. The van der Waals surface area contributed by atoms with Crippen molar-refractivity contribution in [3.8, 4) is 11.5 Å². The van der Waals surface area contributed by atoms with Gasteiger partial charge in [0.1, 0.15) is 6.26 Å². The first-order valence-corrected chi connectivity index (χ1v) is 7.98. The molecule has 1 aromatic carbocycles. The molecular formula is C17H21ClN2O3.